The zero-order valence-corrected chi connectivity index (χ0v) is 16.1. The van der Waals surface area contributed by atoms with Crippen LogP contribution in [0.4, 0.5) is 0 Å². The van der Waals surface area contributed by atoms with Gasteiger partial charge in [-0.05, 0) is 38.0 Å². The van der Waals surface area contributed by atoms with Crippen molar-refractivity contribution in [2.75, 3.05) is 0 Å². The van der Waals surface area contributed by atoms with Crippen molar-refractivity contribution >= 4 is 22.1 Å². The van der Waals surface area contributed by atoms with E-state index in [4.69, 9.17) is 4.98 Å². The number of hydrogen-bond donors (Lipinski definition) is 0. The third kappa shape index (κ3) is 2.49. The molecule has 0 aliphatic carbocycles. The highest BCUT2D eigenvalue weighted by molar-refractivity contribution is 6.04. The summed E-state index contributed by atoms with van der Waals surface area (Å²) >= 11 is 0. The first-order valence-electron chi connectivity index (χ1n) is 9.32. The van der Waals surface area contributed by atoms with Gasteiger partial charge >= 0.3 is 0 Å². The minimum Gasteiger partial charge on any atom is -0.319 e. The predicted molar refractivity (Wildman–Crippen MR) is 110 cm³/mol. The van der Waals surface area contributed by atoms with Crippen molar-refractivity contribution in [3.8, 4) is 5.95 Å². The molecule has 0 spiro atoms. The van der Waals surface area contributed by atoms with Crippen molar-refractivity contribution in [2.24, 2.45) is 0 Å². The average Bonchev–Trinajstić information content (AvgIpc) is 3.18. The third-order valence-corrected chi connectivity index (χ3v) is 5.39. The highest BCUT2D eigenvalue weighted by Crippen LogP contribution is 2.27. The van der Waals surface area contributed by atoms with E-state index in [1.807, 2.05) is 32.0 Å². The van der Waals surface area contributed by atoms with Crippen molar-refractivity contribution in [3.05, 3.63) is 77.1 Å². The molecule has 0 saturated heterocycles. The molecule has 0 amide bonds. The van der Waals surface area contributed by atoms with Crippen LogP contribution in [-0.2, 0) is 6.54 Å². The normalized spacial score (nSPS) is 11.5. The van der Waals surface area contributed by atoms with Crippen LogP contribution in [0, 0.1) is 20.8 Å². The van der Waals surface area contributed by atoms with E-state index in [9.17, 15) is 0 Å². The Balaban J connectivity index is 1.77. The smallest absolute Gasteiger partial charge is 0.272 e. The standard InChI is InChI=1S/C22H20N6/c1-14-15(2)26-28(16(14)3)22-23-21-20(24-25-22)18-11-7-8-12-19(18)27(21)13-17-9-5-4-6-10-17/h4-12H,13H2,1-3H3. The van der Waals surface area contributed by atoms with Crippen molar-refractivity contribution in [2.45, 2.75) is 27.3 Å². The summed E-state index contributed by atoms with van der Waals surface area (Å²) in [6.07, 6.45) is 0. The monoisotopic (exact) mass is 368 g/mol. The minimum absolute atomic E-state index is 0.498. The maximum Gasteiger partial charge on any atom is 0.272 e. The van der Waals surface area contributed by atoms with Gasteiger partial charge in [-0.1, -0.05) is 48.5 Å². The first kappa shape index (κ1) is 16.6. The quantitative estimate of drug-likeness (QED) is 0.480. The number of rotatable bonds is 3. The van der Waals surface area contributed by atoms with E-state index in [2.05, 4.69) is 63.2 Å². The molecule has 28 heavy (non-hydrogen) atoms. The Bertz CT molecular complexity index is 1310. The summed E-state index contributed by atoms with van der Waals surface area (Å²) in [4.78, 5) is 4.88. The second-order valence-electron chi connectivity index (χ2n) is 7.08. The lowest BCUT2D eigenvalue weighted by Crippen LogP contribution is -2.08. The molecule has 0 saturated carbocycles. The molecule has 0 atom stereocenters. The fourth-order valence-electron chi connectivity index (χ4n) is 3.63. The van der Waals surface area contributed by atoms with Crippen molar-refractivity contribution in [3.63, 3.8) is 0 Å². The van der Waals surface area contributed by atoms with E-state index < -0.39 is 0 Å². The van der Waals surface area contributed by atoms with Gasteiger partial charge < -0.3 is 4.57 Å². The molecule has 5 rings (SSSR count). The van der Waals surface area contributed by atoms with Gasteiger partial charge in [-0.2, -0.15) is 10.1 Å². The van der Waals surface area contributed by atoms with Gasteiger partial charge in [0, 0.05) is 17.6 Å². The Labute approximate surface area is 162 Å². The van der Waals surface area contributed by atoms with Gasteiger partial charge in [0.1, 0.15) is 5.52 Å². The molecule has 0 fully saturated rings. The molecule has 0 aliphatic rings. The van der Waals surface area contributed by atoms with Crippen molar-refractivity contribution < 1.29 is 0 Å². The molecule has 0 radical (unpaired) electrons. The van der Waals surface area contributed by atoms with Crippen LogP contribution < -0.4 is 0 Å². The summed E-state index contributed by atoms with van der Waals surface area (Å²) in [5.41, 5.74) is 7.11. The Morgan fingerprint density at radius 2 is 1.61 bits per heavy atom. The van der Waals surface area contributed by atoms with E-state index in [1.54, 1.807) is 4.68 Å². The molecule has 2 aromatic carbocycles. The van der Waals surface area contributed by atoms with Crippen LogP contribution in [0.2, 0.25) is 0 Å². The molecule has 6 heteroatoms. The highest BCUT2D eigenvalue weighted by Gasteiger charge is 2.17. The first-order valence-corrected chi connectivity index (χ1v) is 9.32. The van der Waals surface area contributed by atoms with E-state index >= 15 is 0 Å². The number of fused-ring (bicyclic) bond motifs is 3. The zero-order valence-electron chi connectivity index (χ0n) is 16.1. The number of aryl methyl sites for hydroxylation is 1. The summed E-state index contributed by atoms with van der Waals surface area (Å²) in [6, 6.07) is 18.6. The van der Waals surface area contributed by atoms with Crippen LogP contribution in [-0.4, -0.2) is 29.5 Å². The van der Waals surface area contributed by atoms with Crippen LogP contribution in [0.1, 0.15) is 22.5 Å². The van der Waals surface area contributed by atoms with Crippen LogP contribution in [0.25, 0.3) is 28.0 Å². The van der Waals surface area contributed by atoms with Gasteiger partial charge in [-0.3, -0.25) is 0 Å². The summed E-state index contributed by atoms with van der Waals surface area (Å²) in [5.74, 6) is 0.498. The van der Waals surface area contributed by atoms with Crippen LogP contribution >= 0.6 is 0 Å². The molecule has 0 bridgehead atoms. The lowest BCUT2D eigenvalue weighted by Gasteiger charge is -2.08. The van der Waals surface area contributed by atoms with Crippen LogP contribution in [0.3, 0.4) is 0 Å². The summed E-state index contributed by atoms with van der Waals surface area (Å²) < 4.78 is 3.98. The molecule has 0 N–H and O–H groups in total. The second kappa shape index (κ2) is 6.27. The van der Waals surface area contributed by atoms with Gasteiger partial charge in [-0.25, -0.2) is 4.68 Å². The van der Waals surface area contributed by atoms with E-state index in [0.717, 1.165) is 45.6 Å². The van der Waals surface area contributed by atoms with E-state index in [0.29, 0.717) is 5.95 Å². The van der Waals surface area contributed by atoms with Crippen molar-refractivity contribution in [1.82, 2.24) is 29.5 Å². The van der Waals surface area contributed by atoms with Gasteiger partial charge in [0.05, 0.1) is 11.2 Å². The van der Waals surface area contributed by atoms with Crippen molar-refractivity contribution in [1.29, 1.82) is 0 Å². The summed E-state index contributed by atoms with van der Waals surface area (Å²) in [5, 5.41) is 14.6. The Morgan fingerprint density at radius 1 is 0.857 bits per heavy atom. The fourth-order valence-corrected chi connectivity index (χ4v) is 3.63. The Hall–Kier alpha value is -3.54. The largest absolute Gasteiger partial charge is 0.319 e. The first-order chi connectivity index (χ1) is 13.6. The summed E-state index contributed by atoms with van der Waals surface area (Å²) in [7, 11) is 0. The molecule has 138 valence electrons. The van der Waals surface area contributed by atoms with Gasteiger partial charge in [0.15, 0.2) is 5.65 Å². The van der Waals surface area contributed by atoms with Crippen LogP contribution in [0.5, 0.6) is 0 Å². The van der Waals surface area contributed by atoms with E-state index in [1.165, 1.54) is 5.56 Å². The topological polar surface area (TPSA) is 61.4 Å². The number of aromatic nitrogens is 6. The number of nitrogens with zero attached hydrogens (tertiary/aromatic N) is 6. The number of para-hydroxylation sites is 1. The Morgan fingerprint density at radius 3 is 2.36 bits per heavy atom. The molecule has 5 aromatic rings. The average molecular weight is 368 g/mol. The number of benzene rings is 2. The van der Waals surface area contributed by atoms with Gasteiger partial charge in [0.2, 0.25) is 0 Å². The lowest BCUT2D eigenvalue weighted by molar-refractivity contribution is 0.748. The highest BCUT2D eigenvalue weighted by atomic mass is 15.4. The molecule has 3 aromatic heterocycles. The molecule has 0 aliphatic heterocycles. The van der Waals surface area contributed by atoms with E-state index in [-0.39, 0.29) is 0 Å². The SMILES string of the molecule is Cc1nn(-c2nnc3c4ccccc4n(Cc4ccccc4)c3n2)c(C)c1C. The Kier molecular flexibility index (Phi) is 3.72. The van der Waals surface area contributed by atoms with Gasteiger partial charge in [0.25, 0.3) is 5.95 Å². The van der Waals surface area contributed by atoms with Crippen LogP contribution in [0.15, 0.2) is 54.6 Å². The molecular weight excluding hydrogens is 348 g/mol. The maximum absolute atomic E-state index is 4.88. The maximum atomic E-state index is 4.88. The zero-order chi connectivity index (χ0) is 19.3. The fraction of sp³-hybridized carbons (Fsp3) is 0.182. The minimum atomic E-state index is 0.498. The third-order valence-electron chi connectivity index (χ3n) is 5.39. The second-order valence-corrected chi connectivity index (χ2v) is 7.08. The molecule has 3 heterocycles. The predicted octanol–water partition coefficient (Wildman–Crippen LogP) is 4.14. The lowest BCUT2D eigenvalue weighted by atomic mass is 10.2. The van der Waals surface area contributed by atoms with Gasteiger partial charge in [-0.15, -0.1) is 10.2 Å². The summed E-state index contributed by atoms with van der Waals surface area (Å²) in [6.45, 7) is 6.81. The number of hydrogen-bond acceptors (Lipinski definition) is 4. The molecule has 6 nitrogen and oxygen atoms in total. The molecule has 0 unspecified atom stereocenters. The molecular formula is C22H20N6.